The molecule has 0 saturated heterocycles. The molecule has 0 fully saturated rings. The number of carbonyl (C=O) groups is 1. The Hall–Kier alpha value is -1.12. The van der Waals surface area contributed by atoms with E-state index in [0.29, 0.717) is 17.0 Å². The van der Waals surface area contributed by atoms with Crippen molar-refractivity contribution in [1.82, 2.24) is 0 Å². The third-order valence-corrected chi connectivity index (χ3v) is 3.60. The van der Waals surface area contributed by atoms with E-state index < -0.39 is 0 Å². The second kappa shape index (κ2) is 7.05. The molecular formula is C17H23ClO2. The molecule has 1 aromatic rings. The van der Waals surface area contributed by atoms with Crippen molar-refractivity contribution in [2.45, 2.75) is 40.5 Å². The van der Waals surface area contributed by atoms with Crippen LogP contribution in [0.2, 0.25) is 5.02 Å². The summed E-state index contributed by atoms with van der Waals surface area (Å²) >= 11 is 5.87. The van der Waals surface area contributed by atoms with Crippen LogP contribution >= 0.6 is 11.6 Å². The van der Waals surface area contributed by atoms with Crippen molar-refractivity contribution >= 4 is 23.0 Å². The first-order chi connectivity index (χ1) is 9.43. The molecule has 0 spiro atoms. The zero-order valence-corrected chi connectivity index (χ0v) is 13.4. The molecule has 1 aliphatic carbocycles. The molecule has 3 heteroatoms. The average molecular weight is 295 g/mol. The lowest BCUT2D eigenvalue weighted by Gasteiger charge is -2.32. The van der Waals surface area contributed by atoms with Crippen molar-refractivity contribution < 1.29 is 9.90 Å². The highest BCUT2D eigenvalue weighted by Crippen LogP contribution is 2.41. The van der Waals surface area contributed by atoms with Crippen LogP contribution in [-0.2, 0) is 4.79 Å². The van der Waals surface area contributed by atoms with Crippen LogP contribution in [0.25, 0.3) is 5.57 Å². The number of Topliss-reactive ketones (excluding diaryl/α,β-unsaturated/α-hetero) is 1. The van der Waals surface area contributed by atoms with Gasteiger partial charge in [0.25, 0.3) is 0 Å². The zero-order valence-electron chi connectivity index (χ0n) is 12.7. The minimum atomic E-state index is -0.188. The summed E-state index contributed by atoms with van der Waals surface area (Å²) in [5, 5.41) is 10.1. The van der Waals surface area contributed by atoms with Gasteiger partial charge in [-0.2, -0.15) is 0 Å². The van der Waals surface area contributed by atoms with Crippen LogP contribution in [0.15, 0.2) is 29.8 Å². The Balaban J connectivity index is 0.000000956. The number of rotatable bonds is 2. The van der Waals surface area contributed by atoms with Crippen LogP contribution < -0.4 is 0 Å². The fourth-order valence-electron chi connectivity index (χ4n) is 2.47. The van der Waals surface area contributed by atoms with E-state index in [1.54, 1.807) is 0 Å². The third kappa shape index (κ3) is 3.94. The van der Waals surface area contributed by atoms with Crippen molar-refractivity contribution in [1.29, 1.82) is 0 Å². The van der Waals surface area contributed by atoms with Gasteiger partial charge in [0.1, 0.15) is 0 Å². The maximum atomic E-state index is 12.0. The molecule has 0 aromatic heterocycles. The standard InChI is InChI=1S/C15H17ClO2.C2H6/c1-15(2)7-12(13(9-17)14(18)8-15)10-3-5-11(16)6-4-10;1-2/h3-6,17H,7-9H2,1-2H3;1-2H3. The van der Waals surface area contributed by atoms with E-state index in [-0.39, 0.29) is 17.8 Å². The number of aliphatic hydroxyl groups is 1. The van der Waals surface area contributed by atoms with Crippen molar-refractivity contribution in [2.24, 2.45) is 5.41 Å². The molecule has 20 heavy (non-hydrogen) atoms. The predicted octanol–water partition coefficient (Wildman–Crippen LogP) is 4.50. The topological polar surface area (TPSA) is 37.3 Å². The largest absolute Gasteiger partial charge is 0.392 e. The summed E-state index contributed by atoms with van der Waals surface area (Å²) in [6.07, 6.45) is 1.30. The quantitative estimate of drug-likeness (QED) is 0.872. The Morgan fingerprint density at radius 1 is 1.15 bits per heavy atom. The highest BCUT2D eigenvalue weighted by molar-refractivity contribution is 6.30. The van der Waals surface area contributed by atoms with Crippen LogP contribution in [-0.4, -0.2) is 17.5 Å². The van der Waals surface area contributed by atoms with Gasteiger partial charge in [0.15, 0.2) is 5.78 Å². The van der Waals surface area contributed by atoms with Gasteiger partial charge >= 0.3 is 0 Å². The molecule has 2 nitrogen and oxygen atoms in total. The molecular weight excluding hydrogens is 272 g/mol. The number of hydrogen-bond acceptors (Lipinski definition) is 2. The van der Waals surface area contributed by atoms with E-state index in [0.717, 1.165) is 17.6 Å². The van der Waals surface area contributed by atoms with Crippen molar-refractivity contribution in [2.75, 3.05) is 6.61 Å². The molecule has 0 unspecified atom stereocenters. The molecule has 1 aliphatic rings. The lowest BCUT2D eigenvalue weighted by atomic mass is 9.72. The van der Waals surface area contributed by atoms with Crippen LogP contribution in [0, 0.1) is 5.41 Å². The Labute approximate surface area is 126 Å². The molecule has 0 atom stereocenters. The summed E-state index contributed by atoms with van der Waals surface area (Å²) in [5.74, 6) is 0.0544. The van der Waals surface area contributed by atoms with Gasteiger partial charge in [-0.1, -0.05) is 51.4 Å². The second-order valence-corrected chi connectivity index (χ2v) is 6.00. The molecule has 1 N–H and O–H groups in total. The summed E-state index contributed by atoms with van der Waals surface area (Å²) in [4.78, 5) is 12.0. The zero-order chi connectivity index (χ0) is 15.3. The maximum absolute atomic E-state index is 12.0. The molecule has 0 aliphatic heterocycles. The van der Waals surface area contributed by atoms with E-state index in [1.807, 2.05) is 38.1 Å². The summed E-state index contributed by atoms with van der Waals surface area (Å²) < 4.78 is 0. The fraction of sp³-hybridized carbons (Fsp3) is 0.471. The maximum Gasteiger partial charge on any atom is 0.162 e. The number of carbonyl (C=O) groups excluding carboxylic acids is 1. The molecule has 0 amide bonds. The van der Waals surface area contributed by atoms with Gasteiger partial charge in [-0.05, 0) is 35.1 Å². The molecule has 2 rings (SSSR count). The highest BCUT2D eigenvalue weighted by Gasteiger charge is 2.32. The Morgan fingerprint density at radius 2 is 1.70 bits per heavy atom. The van der Waals surface area contributed by atoms with Crippen LogP contribution in [0.5, 0.6) is 0 Å². The fourth-order valence-corrected chi connectivity index (χ4v) is 2.59. The number of hydrogen-bond donors (Lipinski definition) is 1. The molecule has 0 radical (unpaired) electrons. The van der Waals surface area contributed by atoms with Gasteiger partial charge in [-0.3, -0.25) is 4.79 Å². The van der Waals surface area contributed by atoms with Gasteiger partial charge in [0.05, 0.1) is 6.61 Å². The number of allylic oxidation sites excluding steroid dienone is 1. The Morgan fingerprint density at radius 3 is 2.20 bits per heavy atom. The van der Waals surface area contributed by atoms with E-state index in [1.165, 1.54) is 0 Å². The number of benzene rings is 1. The molecule has 0 bridgehead atoms. The average Bonchev–Trinajstić information content (AvgIpc) is 2.40. The van der Waals surface area contributed by atoms with Crippen molar-refractivity contribution in [3.63, 3.8) is 0 Å². The van der Waals surface area contributed by atoms with Crippen LogP contribution in [0.3, 0.4) is 0 Å². The van der Waals surface area contributed by atoms with E-state index in [4.69, 9.17) is 11.6 Å². The van der Waals surface area contributed by atoms with Gasteiger partial charge in [-0.15, -0.1) is 0 Å². The third-order valence-electron chi connectivity index (χ3n) is 3.35. The first-order valence-corrected chi connectivity index (χ1v) is 7.43. The second-order valence-electron chi connectivity index (χ2n) is 5.56. The van der Waals surface area contributed by atoms with E-state index >= 15 is 0 Å². The minimum absolute atomic E-state index is 0.0509. The Bertz CT molecular complexity index is 498. The normalized spacial score (nSPS) is 17.6. The lowest BCUT2D eigenvalue weighted by molar-refractivity contribution is -0.118. The van der Waals surface area contributed by atoms with E-state index in [2.05, 4.69) is 13.8 Å². The summed E-state index contributed by atoms with van der Waals surface area (Å²) in [6, 6.07) is 7.43. The van der Waals surface area contributed by atoms with Gasteiger partial charge in [0, 0.05) is 17.0 Å². The molecule has 110 valence electrons. The predicted molar refractivity (Wildman–Crippen MR) is 84.8 cm³/mol. The number of halogens is 1. The van der Waals surface area contributed by atoms with Crippen molar-refractivity contribution in [3.05, 3.63) is 40.4 Å². The van der Waals surface area contributed by atoms with Crippen LogP contribution in [0.4, 0.5) is 0 Å². The van der Waals surface area contributed by atoms with Gasteiger partial charge < -0.3 is 5.11 Å². The number of aliphatic hydroxyl groups excluding tert-OH is 1. The number of ketones is 1. The molecule has 0 saturated carbocycles. The van der Waals surface area contributed by atoms with E-state index in [9.17, 15) is 9.90 Å². The summed E-state index contributed by atoms with van der Waals surface area (Å²) in [7, 11) is 0. The minimum Gasteiger partial charge on any atom is -0.392 e. The van der Waals surface area contributed by atoms with Crippen LogP contribution in [0.1, 0.15) is 46.1 Å². The smallest absolute Gasteiger partial charge is 0.162 e. The van der Waals surface area contributed by atoms with Gasteiger partial charge in [-0.25, -0.2) is 0 Å². The Kier molecular flexibility index (Phi) is 5.97. The van der Waals surface area contributed by atoms with Gasteiger partial charge in [0.2, 0.25) is 0 Å². The first-order valence-electron chi connectivity index (χ1n) is 7.05. The molecule has 0 heterocycles. The summed E-state index contributed by atoms with van der Waals surface area (Å²) in [6.45, 7) is 7.97. The lowest BCUT2D eigenvalue weighted by Crippen LogP contribution is -2.26. The molecule has 1 aromatic carbocycles. The SMILES string of the molecule is CC.CC1(C)CC(=O)C(CO)=C(c2ccc(Cl)cc2)C1. The first kappa shape index (κ1) is 16.9. The summed E-state index contributed by atoms with van der Waals surface area (Å²) in [5.41, 5.74) is 2.43. The van der Waals surface area contributed by atoms with Crippen molar-refractivity contribution in [3.8, 4) is 0 Å². The highest BCUT2D eigenvalue weighted by atomic mass is 35.5. The monoisotopic (exact) mass is 294 g/mol.